The van der Waals surface area contributed by atoms with E-state index in [1.165, 1.54) is 12.1 Å². The van der Waals surface area contributed by atoms with Gasteiger partial charge in [-0.15, -0.1) is 0 Å². The Balaban J connectivity index is 0.00000136. The Hall–Kier alpha value is -2.48. The molecule has 0 saturated carbocycles. The molecule has 8 heteroatoms. The van der Waals surface area contributed by atoms with Crippen LogP contribution in [0, 0.1) is 0 Å². The van der Waals surface area contributed by atoms with Crippen molar-refractivity contribution < 1.29 is 32.5 Å². The normalized spacial score (nSPS) is 15.4. The molecule has 2 aromatic rings. The summed E-state index contributed by atoms with van der Waals surface area (Å²) in [5.41, 5.74) is 0.239. The first-order chi connectivity index (χ1) is 13.3. The van der Waals surface area contributed by atoms with Gasteiger partial charge in [0.2, 0.25) is 6.10 Å². The van der Waals surface area contributed by atoms with Crippen molar-refractivity contribution in [2.75, 3.05) is 0 Å². The van der Waals surface area contributed by atoms with Crippen LogP contribution < -0.4 is 9.47 Å². The highest BCUT2D eigenvalue weighted by atomic mass is 79.9. The maximum absolute atomic E-state index is 13.1. The zero-order valence-corrected chi connectivity index (χ0v) is 16.7. The van der Waals surface area contributed by atoms with Gasteiger partial charge in [0.1, 0.15) is 18.1 Å². The maximum Gasteiger partial charge on any atom is 0.430 e. The highest BCUT2D eigenvalue weighted by Gasteiger charge is 2.48. The molecule has 1 atom stereocenters. The van der Waals surface area contributed by atoms with Crippen LogP contribution >= 0.6 is 15.9 Å². The second-order valence-electron chi connectivity index (χ2n) is 5.54. The van der Waals surface area contributed by atoms with E-state index in [1.807, 2.05) is 44.2 Å². The Labute approximate surface area is 168 Å². The van der Waals surface area contributed by atoms with Crippen molar-refractivity contribution in [1.29, 1.82) is 0 Å². The lowest BCUT2D eigenvalue weighted by Crippen LogP contribution is -2.40. The average Bonchev–Trinajstić information content (AvgIpc) is 2.67. The molecule has 1 aliphatic rings. The highest BCUT2D eigenvalue weighted by molar-refractivity contribution is 9.10. The molecule has 1 N–H and O–H groups in total. The van der Waals surface area contributed by atoms with Gasteiger partial charge in [0.25, 0.3) is 0 Å². The number of carbonyl (C=O) groups is 1. The molecule has 0 radical (unpaired) electrons. The first-order valence-electron chi connectivity index (χ1n) is 8.44. The van der Waals surface area contributed by atoms with E-state index in [1.54, 1.807) is 0 Å². The number of benzene rings is 2. The molecular weight excluding hydrogens is 441 g/mol. The van der Waals surface area contributed by atoms with Crippen LogP contribution in [0.25, 0.3) is 6.08 Å². The minimum absolute atomic E-state index is 0.0729. The van der Waals surface area contributed by atoms with Crippen LogP contribution in [0.2, 0.25) is 0 Å². The molecule has 1 heterocycles. The summed E-state index contributed by atoms with van der Waals surface area (Å²) in [4.78, 5) is 11.2. The number of carboxylic acid groups (broad SMARTS) is 1. The number of halogens is 4. The first-order valence-corrected chi connectivity index (χ1v) is 9.23. The number of rotatable bonds is 4. The first kappa shape index (κ1) is 21.8. The molecule has 0 aliphatic carbocycles. The molecule has 1 unspecified atom stereocenters. The van der Waals surface area contributed by atoms with Crippen molar-refractivity contribution >= 4 is 28.0 Å². The molecule has 150 valence electrons. The van der Waals surface area contributed by atoms with Gasteiger partial charge in [0.15, 0.2) is 0 Å². The van der Waals surface area contributed by atoms with Crippen LogP contribution in [0.1, 0.15) is 25.0 Å². The molecule has 0 fully saturated rings. The van der Waals surface area contributed by atoms with Gasteiger partial charge >= 0.3 is 12.1 Å². The average molecular weight is 459 g/mol. The second-order valence-corrected chi connectivity index (χ2v) is 6.39. The van der Waals surface area contributed by atoms with Gasteiger partial charge in [-0.25, -0.2) is 4.79 Å². The van der Waals surface area contributed by atoms with Crippen molar-refractivity contribution in [3.05, 3.63) is 63.6 Å². The Bertz CT molecular complexity index is 864. The molecule has 0 aromatic heterocycles. The van der Waals surface area contributed by atoms with Gasteiger partial charge < -0.3 is 14.6 Å². The number of hydrogen-bond donors (Lipinski definition) is 1. The van der Waals surface area contributed by atoms with Crippen LogP contribution in [0.5, 0.6) is 11.5 Å². The lowest BCUT2D eigenvalue weighted by Gasteiger charge is -2.27. The van der Waals surface area contributed by atoms with Crippen LogP contribution in [0.3, 0.4) is 0 Å². The van der Waals surface area contributed by atoms with Gasteiger partial charge in [0, 0.05) is 5.56 Å². The molecule has 4 nitrogen and oxygen atoms in total. The van der Waals surface area contributed by atoms with E-state index in [0.717, 1.165) is 11.6 Å². The molecule has 0 amide bonds. The predicted molar refractivity (Wildman–Crippen MR) is 102 cm³/mol. The van der Waals surface area contributed by atoms with E-state index < -0.39 is 23.8 Å². The van der Waals surface area contributed by atoms with Gasteiger partial charge in [-0.05, 0) is 39.7 Å². The minimum atomic E-state index is -4.84. The second kappa shape index (κ2) is 9.14. The largest absolute Gasteiger partial charge is 0.488 e. The zero-order valence-electron chi connectivity index (χ0n) is 15.1. The standard InChI is InChI=1S/C18H12BrF3O4.C2H6/c19-13-8-14-11(6-12(17(23)24)16(26-14)18(20,21)22)7-15(13)25-9-10-4-2-1-3-5-10;1-2/h1-8,16H,9H2,(H,23,24);1-2H3. The molecule has 0 saturated heterocycles. The Kier molecular flexibility index (Phi) is 7.12. The fourth-order valence-electron chi connectivity index (χ4n) is 2.46. The van der Waals surface area contributed by atoms with Crippen LogP contribution in [0.4, 0.5) is 13.2 Å². The summed E-state index contributed by atoms with van der Waals surface area (Å²) in [5.74, 6) is -1.40. The summed E-state index contributed by atoms with van der Waals surface area (Å²) in [6.07, 6.45) is -6.40. The quantitative estimate of drug-likeness (QED) is 0.624. The van der Waals surface area contributed by atoms with Gasteiger partial charge in [-0.1, -0.05) is 44.2 Å². The van der Waals surface area contributed by atoms with E-state index in [0.29, 0.717) is 10.2 Å². The van der Waals surface area contributed by atoms with E-state index in [-0.39, 0.29) is 17.9 Å². The number of hydrogen-bond acceptors (Lipinski definition) is 3. The van der Waals surface area contributed by atoms with Crippen LogP contribution in [0.15, 0.2) is 52.5 Å². The molecule has 0 bridgehead atoms. The maximum atomic E-state index is 13.1. The monoisotopic (exact) mass is 458 g/mol. The van der Waals surface area contributed by atoms with Crippen molar-refractivity contribution in [2.24, 2.45) is 0 Å². The minimum Gasteiger partial charge on any atom is -0.488 e. The van der Waals surface area contributed by atoms with Crippen molar-refractivity contribution in [3.8, 4) is 11.5 Å². The van der Waals surface area contributed by atoms with Gasteiger partial charge in [-0.2, -0.15) is 13.2 Å². The lowest BCUT2D eigenvalue weighted by molar-refractivity contribution is -0.187. The predicted octanol–water partition coefficient (Wildman–Crippen LogP) is 5.85. The number of ether oxygens (including phenoxy) is 2. The topological polar surface area (TPSA) is 55.8 Å². The Morgan fingerprint density at radius 3 is 2.43 bits per heavy atom. The summed E-state index contributed by atoms with van der Waals surface area (Å²) in [7, 11) is 0. The lowest BCUT2D eigenvalue weighted by atomic mass is 10.0. The van der Waals surface area contributed by atoms with Gasteiger partial charge in [0.05, 0.1) is 10.0 Å². The van der Waals surface area contributed by atoms with Crippen molar-refractivity contribution in [2.45, 2.75) is 32.7 Å². The number of alkyl halides is 3. The summed E-state index contributed by atoms with van der Waals surface area (Å²) in [6, 6.07) is 12.1. The molecule has 28 heavy (non-hydrogen) atoms. The highest BCUT2D eigenvalue weighted by Crippen LogP contribution is 2.41. The van der Waals surface area contributed by atoms with Crippen molar-refractivity contribution in [3.63, 3.8) is 0 Å². The third-order valence-corrected chi connectivity index (χ3v) is 4.30. The number of fused-ring (bicyclic) bond motifs is 1. The molecule has 0 spiro atoms. The van der Waals surface area contributed by atoms with Gasteiger partial charge in [-0.3, -0.25) is 0 Å². The van der Waals surface area contributed by atoms with E-state index in [4.69, 9.17) is 14.6 Å². The summed E-state index contributed by atoms with van der Waals surface area (Å²) in [6.45, 7) is 4.25. The molecular formula is C20H18BrF3O4. The molecule has 3 rings (SSSR count). The van der Waals surface area contributed by atoms with Crippen LogP contribution in [-0.4, -0.2) is 23.4 Å². The SMILES string of the molecule is CC.O=C(O)C1=Cc2cc(OCc3ccccc3)c(Br)cc2OC1C(F)(F)F. The fourth-order valence-corrected chi connectivity index (χ4v) is 2.90. The third kappa shape index (κ3) is 5.07. The smallest absolute Gasteiger partial charge is 0.430 e. The van der Waals surface area contributed by atoms with Crippen LogP contribution in [-0.2, 0) is 11.4 Å². The number of aliphatic carboxylic acids is 1. The van der Waals surface area contributed by atoms with Crippen molar-refractivity contribution in [1.82, 2.24) is 0 Å². The fraction of sp³-hybridized carbons (Fsp3) is 0.250. The third-order valence-electron chi connectivity index (χ3n) is 3.68. The zero-order chi connectivity index (χ0) is 20.9. The van der Waals surface area contributed by atoms with E-state index in [9.17, 15) is 18.0 Å². The Morgan fingerprint density at radius 1 is 1.21 bits per heavy atom. The molecule has 1 aliphatic heterocycles. The summed E-state index contributed by atoms with van der Waals surface area (Å²) >= 11 is 3.24. The summed E-state index contributed by atoms with van der Waals surface area (Å²) in [5, 5.41) is 9.08. The molecule has 2 aromatic carbocycles. The van der Waals surface area contributed by atoms with E-state index >= 15 is 0 Å². The Morgan fingerprint density at radius 2 is 1.86 bits per heavy atom. The van der Waals surface area contributed by atoms with E-state index in [2.05, 4.69) is 15.9 Å². The number of carboxylic acids is 1. The summed E-state index contributed by atoms with van der Waals surface area (Å²) < 4.78 is 50.2.